The largest absolute Gasteiger partial charge is 0.710 e. The Balaban J connectivity index is 3.25. The van der Waals surface area contributed by atoms with Gasteiger partial charge in [0.25, 0.3) is 0 Å². The molecular formula is C4H5N2O4P. The Kier molecular flexibility index (Phi) is 1.90. The summed E-state index contributed by atoms with van der Waals surface area (Å²) in [7, 11) is -4.52. The Bertz CT molecular complexity index is 309. The Morgan fingerprint density at radius 3 is 2.64 bits per heavy atom. The van der Waals surface area contributed by atoms with Gasteiger partial charge in [-0.25, -0.2) is 9.30 Å². The first-order chi connectivity index (χ1) is 5.02. The van der Waals surface area contributed by atoms with E-state index in [0.29, 0.717) is 0 Å². The van der Waals surface area contributed by atoms with E-state index < -0.39 is 13.2 Å². The van der Waals surface area contributed by atoms with Gasteiger partial charge >= 0.3 is 13.2 Å². The maximum absolute atomic E-state index is 10.6. The highest BCUT2D eigenvalue weighted by atomic mass is 31.2. The van der Waals surface area contributed by atoms with E-state index in [2.05, 4.69) is 4.98 Å². The summed E-state index contributed by atoms with van der Waals surface area (Å²) in [5.41, 5.74) is -0.778. The lowest BCUT2D eigenvalue weighted by atomic mass is 10.7. The maximum Gasteiger partial charge on any atom is 0.442 e. The minimum absolute atomic E-state index is 0.0424. The van der Waals surface area contributed by atoms with Crippen molar-refractivity contribution in [1.82, 2.24) is 4.98 Å². The molecule has 0 aromatic carbocycles. The van der Waals surface area contributed by atoms with E-state index in [1.807, 2.05) is 0 Å². The molecule has 1 rings (SSSR count). The third-order valence-corrected chi connectivity index (χ3v) is 1.79. The second-order valence-corrected chi connectivity index (χ2v) is 3.28. The predicted octanol–water partition coefficient (Wildman–Crippen LogP) is -1.48. The van der Waals surface area contributed by atoms with Crippen LogP contribution in [0.3, 0.4) is 0 Å². The van der Waals surface area contributed by atoms with Crippen LogP contribution in [0.4, 0.5) is 0 Å². The van der Waals surface area contributed by atoms with Crippen molar-refractivity contribution in [3.05, 3.63) is 23.7 Å². The molecule has 2 N–H and O–H groups in total. The van der Waals surface area contributed by atoms with Gasteiger partial charge in [0.05, 0.1) is 6.20 Å². The van der Waals surface area contributed by atoms with Crippen molar-refractivity contribution < 1.29 is 19.1 Å². The van der Waals surface area contributed by atoms with Crippen molar-refractivity contribution in [3.63, 3.8) is 0 Å². The minimum Gasteiger partial charge on any atom is -0.710 e. The lowest BCUT2D eigenvalue weighted by Gasteiger charge is -2.03. The van der Waals surface area contributed by atoms with E-state index in [9.17, 15) is 9.77 Å². The molecule has 0 aliphatic heterocycles. The Labute approximate surface area is 61.9 Å². The van der Waals surface area contributed by atoms with Crippen LogP contribution in [0, 0.1) is 5.21 Å². The van der Waals surface area contributed by atoms with Gasteiger partial charge in [-0.05, 0) is 4.98 Å². The first kappa shape index (κ1) is 8.13. The molecule has 0 radical (unpaired) electrons. The second kappa shape index (κ2) is 2.58. The zero-order valence-corrected chi connectivity index (χ0v) is 6.18. The van der Waals surface area contributed by atoms with Gasteiger partial charge in [-0.1, -0.05) is 0 Å². The minimum atomic E-state index is -4.52. The second-order valence-electron chi connectivity index (χ2n) is 1.79. The van der Waals surface area contributed by atoms with Gasteiger partial charge in [0.15, 0.2) is 0 Å². The van der Waals surface area contributed by atoms with Crippen molar-refractivity contribution >= 4 is 13.2 Å². The molecule has 0 unspecified atom stereocenters. The zero-order chi connectivity index (χ0) is 8.48. The van der Waals surface area contributed by atoms with Crippen LogP contribution in [0.5, 0.6) is 0 Å². The highest BCUT2D eigenvalue weighted by Crippen LogP contribution is 2.29. The molecule has 1 aromatic rings. The average molecular weight is 176 g/mol. The smallest absolute Gasteiger partial charge is 0.442 e. The Morgan fingerprint density at radius 1 is 1.64 bits per heavy atom. The SMILES string of the molecule is O=P(O)(O)c1nccc[n+]1[O-]. The predicted molar refractivity (Wildman–Crippen MR) is 34.9 cm³/mol. The zero-order valence-electron chi connectivity index (χ0n) is 5.28. The Morgan fingerprint density at radius 2 is 2.27 bits per heavy atom. The fourth-order valence-electron chi connectivity index (χ4n) is 0.554. The molecule has 11 heavy (non-hydrogen) atoms. The molecule has 0 amide bonds. The van der Waals surface area contributed by atoms with Crippen molar-refractivity contribution in [2.24, 2.45) is 0 Å². The van der Waals surface area contributed by atoms with Crippen LogP contribution in [0.2, 0.25) is 0 Å². The molecule has 1 heterocycles. The fraction of sp³-hybridized carbons (Fsp3) is 0. The molecular weight excluding hydrogens is 171 g/mol. The van der Waals surface area contributed by atoms with Crippen LogP contribution in [-0.4, -0.2) is 14.8 Å². The number of hydrogen-bond acceptors (Lipinski definition) is 3. The van der Waals surface area contributed by atoms with Crippen LogP contribution >= 0.6 is 7.60 Å². The van der Waals surface area contributed by atoms with Crippen molar-refractivity contribution in [2.45, 2.75) is 0 Å². The van der Waals surface area contributed by atoms with Gasteiger partial charge in [-0.3, -0.25) is 0 Å². The summed E-state index contributed by atoms with van der Waals surface area (Å²) >= 11 is 0. The first-order valence-electron chi connectivity index (χ1n) is 2.62. The molecule has 0 spiro atoms. The molecule has 0 fully saturated rings. The standard InChI is InChI=1S/C4H5N2O4P/c7-6-3-1-2-5-4(6)11(8,9)10/h1-3H,(H2,8,9,10). The summed E-state index contributed by atoms with van der Waals surface area (Å²) in [5, 5.41) is 10.6. The fourth-order valence-corrected chi connectivity index (χ4v) is 1.09. The molecule has 1 aromatic heterocycles. The number of nitrogens with zero attached hydrogens (tertiary/aromatic N) is 2. The molecule has 0 saturated carbocycles. The molecule has 7 heteroatoms. The average Bonchev–Trinajstić information content (AvgIpc) is 1.86. The van der Waals surface area contributed by atoms with Crippen molar-refractivity contribution in [3.8, 4) is 0 Å². The van der Waals surface area contributed by atoms with Gasteiger partial charge in [-0.15, -0.1) is 0 Å². The van der Waals surface area contributed by atoms with Crippen LogP contribution in [0.15, 0.2) is 18.5 Å². The summed E-state index contributed by atoms with van der Waals surface area (Å²) in [4.78, 5) is 20.2. The van der Waals surface area contributed by atoms with Crippen LogP contribution in [0.25, 0.3) is 0 Å². The molecule has 60 valence electrons. The van der Waals surface area contributed by atoms with E-state index >= 15 is 0 Å². The lowest BCUT2D eigenvalue weighted by molar-refractivity contribution is -0.589. The summed E-state index contributed by atoms with van der Waals surface area (Å²) in [5.74, 6) is 0. The highest BCUT2D eigenvalue weighted by Gasteiger charge is 2.29. The number of hydrogen-bond donors (Lipinski definition) is 2. The van der Waals surface area contributed by atoms with E-state index in [1.54, 1.807) is 0 Å². The van der Waals surface area contributed by atoms with Crippen molar-refractivity contribution in [1.29, 1.82) is 0 Å². The van der Waals surface area contributed by atoms with E-state index in [0.717, 1.165) is 12.4 Å². The lowest BCUT2D eigenvalue weighted by Crippen LogP contribution is -2.45. The van der Waals surface area contributed by atoms with Gasteiger partial charge in [0.2, 0.25) is 0 Å². The molecule has 0 saturated heterocycles. The number of rotatable bonds is 1. The van der Waals surface area contributed by atoms with Gasteiger partial charge < -0.3 is 15.0 Å². The third kappa shape index (κ3) is 1.74. The van der Waals surface area contributed by atoms with Gasteiger partial charge in [0.1, 0.15) is 6.20 Å². The molecule has 6 nitrogen and oxygen atoms in total. The van der Waals surface area contributed by atoms with Crippen LogP contribution < -0.4 is 10.3 Å². The van der Waals surface area contributed by atoms with Crippen LogP contribution in [0.1, 0.15) is 0 Å². The normalized spacial score (nSPS) is 11.5. The number of aromatic nitrogens is 2. The monoisotopic (exact) mass is 176 g/mol. The summed E-state index contributed by atoms with van der Waals surface area (Å²) in [6.07, 6.45) is 2.12. The molecule has 0 aliphatic carbocycles. The Hall–Kier alpha value is -0.970. The van der Waals surface area contributed by atoms with Gasteiger partial charge in [-0.2, -0.15) is 0 Å². The van der Waals surface area contributed by atoms with Crippen molar-refractivity contribution in [2.75, 3.05) is 0 Å². The molecule has 0 aliphatic rings. The first-order valence-corrected chi connectivity index (χ1v) is 4.23. The highest BCUT2D eigenvalue weighted by molar-refractivity contribution is 7.59. The quantitative estimate of drug-likeness (QED) is 0.309. The van der Waals surface area contributed by atoms with Gasteiger partial charge in [0, 0.05) is 6.07 Å². The van der Waals surface area contributed by atoms with E-state index in [4.69, 9.17) is 9.79 Å². The summed E-state index contributed by atoms with van der Waals surface area (Å²) < 4.78 is 10.5. The van der Waals surface area contributed by atoms with E-state index in [-0.39, 0.29) is 4.73 Å². The third-order valence-electron chi connectivity index (χ3n) is 0.955. The van der Waals surface area contributed by atoms with E-state index in [1.165, 1.54) is 6.07 Å². The molecule has 0 atom stereocenters. The summed E-state index contributed by atoms with van der Waals surface area (Å²) in [6.45, 7) is 0. The maximum atomic E-state index is 10.6. The summed E-state index contributed by atoms with van der Waals surface area (Å²) in [6, 6.07) is 1.28. The topological polar surface area (TPSA) is 97.4 Å². The van der Waals surface area contributed by atoms with Crippen LogP contribution in [-0.2, 0) is 4.57 Å². The molecule has 0 bridgehead atoms.